The maximum absolute atomic E-state index is 13.1. The van der Waals surface area contributed by atoms with Crippen molar-refractivity contribution in [2.75, 3.05) is 6.54 Å². The minimum atomic E-state index is -0.562. The van der Waals surface area contributed by atoms with Crippen molar-refractivity contribution in [1.29, 1.82) is 0 Å². The van der Waals surface area contributed by atoms with E-state index in [-0.39, 0.29) is 11.6 Å². The first-order valence-electron chi connectivity index (χ1n) is 9.28. The van der Waals surface area contributed by atoms with Crippen LogP contribution in [0.1, 0.15) is 45.6 Å². The van der Waals surface area contributed by atoms with Crippen molar-refractivity contribution in [2.45, 2.75) is 56.0 Å². The second kappa shape index (κ2) is 8.56. The van der Waals surface area contributed by atoms with Gasteiger partial charge < -0.3 is 5.32 Å². The average molecular weight is 388 g/mol. The Morgan fingerprint density at radius 3 is 2.70 bits per heavy atom. The summed E-state index contributed by atoms with van der Waals surface area (Å²) < 4.78 is 1.75. The van der Waals surface area contributed by atoms with Gasteiger partial charge in [0.25, 0.3) is 5.56 Å². The number of carbonyl (C=O) groups excluding carboxylic acids is 2. The van der Waals surface area contributed by atoms with Crippen LogP contribution in [0, 0.1) is 0 Å². The second-order valence-corrected chi connectivity index (χ2v) is 7.94. The molecule has 1 aliphatic rings. The van der Waals surface area contributed by atoms with Crippen LogP contribution in [0.15, 0.2) is 34.2 Å². The van der Waals surface area contributed by atoms with Crippen molar-refractivity contribution in [3.05, 3.63) is 34.6 Å². The van der Waals surface area contributed by atoms with Gasteiger partial charge in [0, 0.05) is 12.6 Å². The van der Waals surface area contributed by atoms with E-state index in [9.17, 15) is 14.4 Å². The summed E-state index contributed by atoms with van der Waals surface area (Å²) in [4.78, 5) is 41.7. The normalized spacial score (nSPS) is 15.6. The van der Waals surface area contributed by atoms with E-state index in [0.29, 0.717) is 22.6 Å². The number of nitrogens with zero attached hydrogens (tertiary/aromatic N) is 2. The van der Waals surface area contributed by atoms with Crippen LogP contribution < -0.4 is 16.2 Å². The Labute approximate surface area is 161 Å². The van der Waals surface area contributed by atoms with E-state index >= 15 is 0 Å². The molecule has 0 bridgehead atoms. The third-order valence-corrected chi connectivity index (χ3v) is 5.76. The minimum absolute atomic E-state index is 0.0636. The fraction of sp³-hybridized carbons (Fsp3) is 0.474. The molecule has 1 heterocycles. The van der Waals surface area contributed by atoms with Gasteiger partial charge in [-0.25, -0.2) is 9.78 Å². The molecule has 0 spiro atoms. The molecule has 0 saturated heterocycles. The first-order valence-corrected chi connectivity index (χ1v) is 10.2. The summed E-state index contributed by atoms with van der Waals surface area (Å²) in [7, 11) is 0. The summed E-state index contributed by atoms with van der Waals surface area (Å²) in [5, 5.41) is 5.41. The zero-order chi connectivity index (χ0) is 19.4. The van der Waals surface area contributed by atoms with Gasteiger partial charge in [-0.15, -0.1) is 0 Å². The number of carbonyl (C=O) groups is 2. The number of thioether (sulfide) groups is 1. The number of aromatic nitrogens is 2. The van der Waals surface area contributed by atoms with E-state index in [4.69, 9.17) is 0 Å². The highest BCUT2D eigenvalue weighted by atomic mass is 32.2. The smallest absolute Gasteiger partial charge is 0.321 e. The van der Waals surface area contributed by atoms with E-state index in [2.05, 4.69) is 15.6 Å². The minimum Gasteiger partial charge on any atom is -0.338 e. The highest BCUT2D eigenvalue weighted by Crippen LogP contribution is 2.33. The van der Waals surface area contributed by atoms with E-state index in [1.165, 1.54) is 11.8 Å². The first kappa shape index (κ1) is 19.4. The summed E-state index contributed by atoms with van der Waals surface area (Å²) in [6.45, 7) is 3.93. The predicted octanol–water partition coefficient (Wildman–Crippen LogP) is 2.84. The number of benzene rings is 1. The Hall–Kier alpha value is -2.35. The number of amides is 3. The number of hydrogen-bond donors (Lipinski definition) is 2. The van der Waals surface area contributed by atoms with Crippen molar-refractivity contribution in [2.24, 2.45) is 0 Å². The van der Waals surface area contributed by atoms with Crippen molar-refractivity contribution in [3.8, 4) is 0 Å². The van der Waals surface area contributed by atoms with Crippen LogP contribution in [0.3, 0.4) is 0 Å². The monoisotopic (exact) mass is 388 g/mol. The second-order valence-electron chi connectivity index (χ2n) is 6.63. The number of urea groups is 1. The lowest BCUT2D eigenvalue weighted by molar-refractivity contribution is -0.119. The lowest BCUT2D eigenvalue weighted by Crippen LogP contribution is -2.42. The number of rotatable bonds is 5. The summed E-state index contributed by atoms with van der Waals surface area (Å²) >= 11 is 1.21. The number of fused-ring (bicyclic) bond motifs is 1. The largest absolute Gasteiger partial charge is 0.338 e. The maximum atomic E-state index is 13.1. The lowest BCUT2D eigenvalue weighted by atomic mass is 10.2. The summed E-state index contributed by atoms with van der Waals surface area (Å²) in [6.07, 6.45) is 4.04. The molecule has 27 heavy (non-hydrogen) atoms. The standard InChI is InChI=1S/C19H24N4O3S/c1-3-20-18(26)22-16(24)12(2)27-19-21-15-11-7-6-10-14(15)17(25)23(19)13-8-4-5-9-13/h6-7,10-13H,3-5,8-9H2,1-2H3,(H2,20,22,24,26). The van der Waals surface area contributed by atoms with Gasteiger partial charge in [-0.2, -0.15) is 0 Å². The van der Waals surface area contributed by atoms with Gasteiger partial charge in [0.2, 0.25) is 5.91 Å². The number of para-hydroxylation sites is 1. The van der Waals surface area contributed by atoms with Crippen molar-refractivity contribution in [3.63, 3.8) is 0 Å². The Morgan fingerprint density at radius 2 is 2.00 bits per heavy atom. The van der Waals surface area contributed by atoms with Gasteiger partial charge in [0.1, 0.15) is 0 Å². The van der Waals surface area contributed by atoms with Crippen molar-refractivity contribution in [1.82, 2.24) is 20.2 Å². The Balaban J connectivity index is 1.92. The molecule has 3 amide bonds. The Bertz CT molecular complexity index is 905. The third-order valence-electron chi connectivity index (χ3n) is 4.69. The van der Waals surface area contributed by atoms with E-state index < -0.39 is 17.2 Å². The van der Waals surface area contributed by atoms with Crippen LogP contribution in [0.5, 0.6) is 0 Å². The molecular weight excluding hydrogens is 364 g/mol. The van der Waals surface area contributed by atoms with Crippen LogP contribution in [0.4, 0.5) is 4.79 Å². The highest BCUT2D eigenvalue weighted by molar-refractivity contribution is 8.00. The van der Waals surface area contributed by atoms with Gasteiger partial charge in [-0.3, -0.25) is 19.5 Å². The maximum Gasteiger partial charge on any atom is 0.321 e. The SMILES string of the molecule is CCNC(=O)NC(=O)C(C)Sc1nc2ccccc2c(=O)n1C1CCCC1. The molecule has 1 fully saturated rings. The fourth-order valence-corrected chi connectivity index (χ4v) is 4.30. The molecule has 7 nitrogen and oxygen atoms in total. The summed E-state index contributed by atoms with van der Waals surface area (Å²) in [5.41, 5.74) is 0.557. The third kappa shape index (κ3) is 4.32. The number of imide groups is 1. The number of hydrogen-bond acceptors (Lipinski definition) is 5. The van der Waals surface area contributed by atoms with Gasteiger partial charge >= 0.3 is 6.03 Å². The quantitative estimate of drug-likeness (QED) is 0.607. The molecule has 1 aromatic carbocycles. The average Bonchev–Trinajstić information content (AvgIpc) is 3.16. The van der Waals surface area contributed by atoms with E-state index in [1.807, 2.05) is 12.1 Å². The zero-order valence-electron chi connectivity index (χ0n) is 15.5. The Kier molecular flexibility index (Phi) is 6.15. The highest BCUT2D eigenvalue weighted by Gasteiger charge is 2.26. The molecule has 1 atom stereocenters. The van der Waals surface area contributed by atoms with Crippen LogP contribution in [-0.4, -0.2) is 33.3 Å². The van der Waals surface area contributed by atoms with Crippen LogP contribution in [0.2, 0.25) is 0 Å². The molecule has 1 unspecified atom stereocenters. The molecule has 1 aromatic heterocycles. The predicted molar refractivity (Wildman–Crippen MR) is 106 cm³/mol. The molecule has 1 saturated carbocycles. The molecule has 2 N–H and O–H groups in total. The zero-order valence-corrected chi connectivity index (χ0v) is 16.3. The summed E-state index contributed by atoms with van der Waals surface area (Å²) in [5.74, 6) is -0.411. The van der Waals surface area contributed by atoms with Gasteiger partial charge in [0.05, 0.1) is 16.2 Å². The topological polar surface area (TPSA) is 93.1 Å². The Morgan fingerprint density at radius 1 is 1.30 bits per heavy atom. The molecule has 0 aliphatic heterocycles. The molecular formula is C19H24N4O3S. The molecule has 144 valence electrons. The van der Waals surface area contributed by atoms with E-state index in [0.717, 1.165) is 25.7 Å². The molecule has 3 rings (SSSR count). The van der Waals surface area contributed by atoms with E-state index in [1.54, 1.807) is 30.5 Å². The molecule has 0 radical (unpaired) electrons. The number of nitrogens with one attached hydrogen (secondary N) is 2. The van der Waals surface area contributed by atoms with Crippen LogP contribution in [-0.2, 0) is 4.79 Å². The van der Waals surface area contributed by atoms with Crippen LogP contribution >= 0.6 is 11.8 Å². The first-order chi connectivity index (χ1) is 13.0. The van der Waals surface area contributed by atoms with Crippen molar-refractivity contribution < 1.29 is 9.59 Å². The fourth-order valence-electron chi connectivity index (χ4n) is 3.32. The summed E-state index contributed by atoms with van der Waals surface area (Å²) in [6, 6.07) is 6.86. The molecule has 1 aliphatic carbocycles. The van der Waals surface area contributed by atoms with Crippen molar-refractivity contribution >= 4 is 34.6 Å². The van der Waals surface area contributed by atoms with Gasteiger partial charge in [0.15, 0.2) is 5.16 Å². The van der Waals surface area contributed by atoms with Gasteiger partial charge in [-0.05, 0) is 38.8 Å². The lowest BCUT2D eigenvalue weighted by Gasteiger charge is -2.20. The van der Waals surface area contributed by atoms with Crippen LogP contribution in [0.25, 0.3) is 10.9 Å². The van der Waals surface area contributed by atoms with Gasteiger partial charge in [-0.1, -0.05) is 36.7 Å². The molecule has 8 heteroatoms. The molecule has 2 aromatic rings.